The van der Waals surface area contributed by atoms with Gasteiger partial charge in [0.15, 0.2) is 0 Å². The Morgan fingerprint density at radius 2 is 1.58 bits per heavy atom. The van der Waals surface area contributed by atoms with Crippen molar-refractivity contribution < 1.29 is 14.3 Å². The summed E-state index contributed by atoms with van der Waals surface area (Å²) in [6.45, 7) is 8.84. The summed E-state index contributed by atoms with van der Waals surface area (Å²) in [4.78, 5) is 26.6. The van der Waals surface area contributed by atoms with E-state index < -0.39 is 0 Å². The molecule has 1 aromatic rings. The van der Waals surface area contributed by atoms with Crippen LogP contribution in [0.5, 0.6) is 5.75 Å². The molecule has 2 unspecified atom stereocenters. The van der Waals surface area contributed by atoms with E-state index in [2.05, 4.69) is 19.9 Å². The predicted octanol–water partition coefficient (Wildman–Crippen LogP) is 3.41. The van der Waals surface area contributed by atoms with Crippen LogP contribution in [0.2, 0.25) is 0 Å². The number of imide groups is 1. The number of hydrogen-bond donors (Lipinski definition) is 0. The molecule has 1 aromatic carbocycles. The number of nitrogens with zero attached hydrogens (tertiary/aromatic N) is 1. The summed E-state index contributed by atoms with van der Waals surface area (Å²) in [7, 11) is 0. The molecule has 0 aromatic heterocycles. The summed E-state index contributed by atoms with van der Waals surface area (Å²) >= 11 is 0. The maximum Gasteiger partial charge on any atom is 0.233 e. The number of fused-ring (bicyclic) bond motifs is 1. The number of allylic oxidation sites excluding steroid dienone is 2. The van der Waals surface area contributed by atoms with Crippen molar-refractivity contribution in [3.63, 3.8) is 0 Å². The van der Waals surface area contributed by atoms with E-state index in [-0.39, 0.29) is 23.7 Å². The van der Waals surface area contributed by atoms with Gasteiger partial charge in [-0.15, -0.1) is 0 Å². The topological polar surface area (TPSA) is 46.6 Å². The molecule has 1 fully saturated rings. The first kappa shape index (κ1) is 16.7. The molecule has 0 saturated carbocycles. The lowest BCUT2D eigenvalue weighted by Gasteiger charge is -2.23. The van der Waals surface area contributed by atoms with Crippen molar-refractivity contribution in [2.75, 3.05) is 13.2 Å². The molecule has 2 amide bonds. The van der Waals surface area contributed by atoms with Crippen LogP contribution < -0.4 is 4.74 Å². The van der Waals surface area contributed by atoms with E-state index in [1.165, 1.54) is 21.6 Å². The van der Waals surface area contributed by atoms with Crippen molar-refractivity contribution in [2.24, 2.45) is 11.8 Å². The second kappa shape index (κ2) is 6.42. The van der Waals surface area contributed by atoms with Crippen LogP contribution in [0.4, 0.5) is 0 Å². The summed E-state index contributed by atoms with van der Waals surface area (Å²) in [5, 5.41) is 0. The van der Waals surface area contributed by atoms with Gasteiger partial charge in [-0.3, -0.25) is 14.5 Å². The zero-order valence-corrected chi connectivity index (χ0v) is 14.9. The van der Waals surface area contributed by atoms with Gasteiger partial charge in [0.05, 0.1) is 18.4 Å². The molecule has 1 aliphatic carbocycles. The molecule has 2 aliphatic rings. The third kappa shape index (κ3) is 2.97. The van der Waals surface area contributed by atoms with E-state index >= 15 is 0 Å². The number of benzene rings is 1. The van der Waals surface area contributed by atoms with Crippen molar-refractivity contribution in [1.29, 1.82) is 0 Å². The van der Waals surface area contributed by atoms with Crippen LogP contribution in [-0.4, -0.2) is 29.9 Å². The molecule has 2 atom stereocenters. The Balaban J connectivity index is 1.62. The molecule has 4 nitrogen and oxygen atoms in total. The minimum atomic E-state index is -0.165. The van der Waals surface area contributed by atoms with E-state index in [0.29, 0.717) is 13.2 Å². The zero-order valence-electron chi connectivity index (χ0n) is 14.9. The van der Waals surface area contributed by atoms with E-state index in [0.717, 1.165) is 24.2 Å². The first-order valence-electron chi connectivity index (χ1n) is 8.59. The second-order valence-electron chi connectivity index (χ2n) is 7.13. The van der Waals surface area contributed by atoms with Crippen molar-refractivity contribution in [3.8, 4) is 5.75 Å². The maximum absolute atomic E-state index is 12.6. The van der Waals surface area contributed by atoms with Crippen LogP contribution in [0.15, 0.2) is 29.3 Å². The van der Waals surface area contributed by atoms with E-state index in [1.54, 1.807) is 0 Å². The Kier molecular flexibility index (Phi) is 4.48. The maximum atomic E-state index is 12.6. The van der Waals surface area contributed by atoms with Crippen LogP contribution >= 0.6 is 0 Å². The minimum Gasteiger partial charge on any atom is -0.491 e. The standard InChI is InChI=1S/C20H25NO3/c1-12-5-6-18(15(4)9-12)24-8-7-21-19(22)16-10-13(2)14(3)11-17(16)20(21)23/h5-6,9,16-17H,7-8,10-11H2,1-4H3. The average Bonchev–Trinajstić information content (AvgIpc) is 2.75. The molecule has 24 heavy (non-hydrogen) atoms. The molecule has 1 heterocycles. The van der Waals surface area contributed by atoms with Crippen LogP contribution in [0, 0.1) is 25.7 Å². The monoisotopic (exact) mass is 327 g/mol. The number of aryl methyl sites for hydroxylation is 2. The van der Waals surface area contributed by atoms with Gasteiger partial charge in [-0.2, -0.15) is 0 Å². The molecular weight excluding hydrogens is 302 g/mol. The van der Waals surface area contributed by atoms with Crippen molar-refractivity contribution in [1.82, 2.24) is 4.90 Å². The molecule has 3 rings (SSSR count). The average molecular weight is 327 g/mol. The highest BCUT2D eigenvalue weighted by Crippen LogP contribution is 2.40. The fraction of sp³-hybridized carbons (Fsp3) is 0.500. The Hall–Kier alpha value is -2.10. The van der Waals surface area contributed by atoms with Crippen LogP contribution in [0.25, 0.3) is 0 Å². The van der Waals surface area contributed by atoms with Gasteiger partial charge in [-0.25, -0.2) is 0 Å². The van der Waals surface area contributed by atoms with Crippen LogP contribution in [-0.2, 0) is 9.59 Å². The van der Waals surface area contributed by atoms with Crippen molar-refractivity contribution in [2.45, 2.75) is 40.5 Å². The lowest BCUT2D eigenvalue weighted by Crippen LogP contribution is -2.34. The van der Waals surface area contributed by atoms with E-state index in [1.807, 2.05) is 26.0 Å². The number of rotatable bonds is 4. The van der Waals surface area contributed by atoms with Crippen LogP contribution in [0.3, 0.4) is 0 Å². The summed E-state index contributed by atoms with van der Waals surface area (Å²) in [6, 6.07) is 6.00. The summed E-state index contributed by atoms with van der Waals surface area (Å²) in [5.41, 5.74) is 4.77. The first-order chi connectivity index (χ1) is 11.4. The fourth-order valence-electron chi connectivity index (χ4n) is 3.75. The quantitative estimate of drug-likeness (QED) is 0.629. The number of amides is 2. The minimum absolute atomic E-state index is 0.0268. The normalized spacial score (nSPS) is 23.8. The van der Waals surface area contributed by atoms with Crippen molar-refractivity contribution in [3.05, 3.63) is 40.5 Å². The van der Waals surface area contributed by atoms with Gasteiger partial charge in [0.1, 0.15) is 12.4 Å². The summed E-state index contributed by atoms with van der Waals surface area (Å²) in [6.07, 6.45) is 1.44. The first-order valence-corrected chi connectivity index (χ1v) is 8.59. The highest BCUT2D eigenvalue weighted by molar-refractivity contribution is 6.05. The van der Waals surface area contributed by atoms with Crippen LogP contribution in [0.1, 0.15) is 37.8 Å². The third-order valence-corrected chi connectivity index (χ3v) is 5.34. The molecule has 1 saturated heterocycles. The number of likely N-dealkylation sites (tertiary alicyclic amines) is 1. The predicted molar refractivity (Wildman–Crippen MR) is 92.7 cm³/mol. The van der Waals surface area contributed by atoms with Gasteiger partial charge in [0.2, 0.25) is 11.8 Å². The van der Waals surface area contributed by atoms with Gasteiger partial charge in [0, 0.05) is 0 Å². The lowest BCUT2D eigenvalue weighted by molar-refractivity contribution is -0.140. The number of hydrogen-bond acceptors (Lipinski definition) is 3. The Labute approximate surface area is 143 Å². The van der Waals surface area contributed by atoms with Crippen molar-refractivity contribution >= 4 is 11.8 Å². The Bertz CT molecular complexity index is 688. The second-order valence-corrected chi connectivity index (χ2v) is 7.13. The molecule has 0 spiro atoms. The molecule has 128 valence electrons. The van der Waals surface area contributed by atoms with Gasteiger partial charge < -0.3 is 4.74 Å². The highest BCUT2D eigenvalue weighted by Gasteiger charge is 2.48. The number of ether oxygens (including phenoxy) is 1. The SMILES string of the molecule is CC1=C(C)CC2C(=O)N(CCOc3ccc(C)cc3C)C(=O)C2C1. The zero-order chi connectivity index (χ0) is 17.4. The van der Waals surface area contributed by atoms with Gasteiger partial charge in [-0.1, -0.05) is 28.8 Å². The summed E-state index contributed by atoms with van der Waals surface area (Å²) < 4.78 is 5.79. The number of carbonyl (C=O) groups excluding carboxylic acids is 2. The largest absolute Gasteiger partial charge is 0.491 e. The fourth-order valence-corrected chi connectivity index (χ4v) is 3.75. The summed E-state index contributed by atoms with van der Waals surface area (Å²) in [5.74, 6) is 0.428. The Morgan fingerprint density at radius 3 is 2.12 bits per heavy atom. The molecular formula is C20H25NO3. The molecule has 0 N–H and O–H groups in total. The Morgan fingerprint density at radius 1 is 1.00 bits per heavy atom. The molecule has 0 bridgehead atoms. The van der Waals surface area contributed by atoms with Gasteiger partial charge >= 0.3 is 0 Å². The third-order valence-electron chi connectivity index (χ3n) is 5.34. The molecule has 0 radical (unpaired) electrons. The van der Waals surface area contributed by atoms with Gasteiger partial charge in [-0.05, 0) is 52.2 Å². The van der Waals surface area contributed by atoms with Gasteiger partial charge in [0.25, 0.3) is 0 Å². The smallest absolute Gasteiger partial charge is 0.233 e. The number of carbonyl (C=O) groups is 2. The highest BCUT2D eigenvalue weighted by atomic mass is 16.5. The van der Waals surface area contributed by atoms with E-state index in [9.17, 15) is 9.59 Å². The molecule has 1 aliphatic heterocycles. The lowest BCUT2D eigenvalue weighted by atomic mass is 9.78. The molecule has 4 heteroatoms. The van der Waals surface area contributed by atoms with E-state index in [4.69, 9.17) is 4.74 Å².